The van der Waals surface area contributed by atoms with Gasteiger partial charge in [-0.25, -0.2) is 0 Å². The second kappa shape index (κ2) is 16.7. The highest BCUT2D eigenvalue weighted by Gasteiger charge is 2.49. The Morgan fingerprint density at radius 1 is 0.718 bits per heavy atom. The van der Waals surface area contributed by atoms with E-state index in [2.05, 4.69) is 78.3 Å². The summed E-state index contributed by atoms with van der Waals surface area (Å²) in [6.45, 7) is 22.3. The van der Waals surface area contributed by atoms with Crippen LogP contribution in [0, 0.1) is 0 Å². The number of hydrogen-bond acceptors (Lipinski definition) is 6. The number of rotatable bonds is 22. The van der Waals surface area contributed by atoms with Crippen molar-refractivity contribution in [2.45, 2.75) is 116 Å². The van der Waals surface area contributed by atoms with Crippen molar-refractivity contribution in [3.05, 3.63) is 0 Å². The van der Waals surface area contributed by atoms with Crippen LogP contribution in [0.3, 0.4) is 0 Å². The summed E-state index contributed by atoms with van der Waals surface area (Å²) in [5.74, 6) is -0.0612. The highest BCUT2D eigenvalue weighted by molar-refractivity contribution is 7.85. The standard InChI is InChI=1S/C25H60N2O7SSi4/c1-27(2,22-16-13-17-23-35(29,30)31)21-15-12-14-19-25(28)26-20-18-24-39(32-36(3,4)5,33-37(6,7)8)34-38(9,10)11/h12-24H2,1-11H3,(H-,26,28,29,30,31)/p+1. The summed E-state index contributed by atoms with van der Waals surface area (Å²) >= 11 is 0. The average molecular weight is 646 g/mol. The molecular formula is C25H61N2O7SSi4+. The molecule has 2 N–H and O–H groups in total. The Morgan fingerprint density at radius 2 is 1.15 bits per heavy atom. The van der Waals surface area contributed by atoms with Crippen LogP contribution in [0.5, 0.6) is 0 Å². The van der Waals surface area contributed by atoms with Gasteiger partial charge in [0.05, 0.1) is 32.9 Å². The monoisotopic (exact) mass is 645 g/mol. The van der Waals surface area contributed by atoms with Gasteiger partial charge in [0.1, 0.15) is 0 Å². The fourth-order valence-corrected chi connectivity index (χ4v) is 19.6. The highest BCUT2D eigenvalue weighted by Crippen LogP contribution is 2.29. The smallest absolute Gasteiger partial charge is 0.417 e. The molecule has 0 rings (SSSR count). The number of quaternary nitrogens is 1. The van der Waals surface area contributed by atoms with Crippen molar-refractivity contribution < 1.29 is 34.6 Å². The van der Waals surface area contributed by atoms with E-state index in [4.69, 9.17) is 16.9 Å². The van der Waals surface area contributed by atoms with Crippen molar-refractivity contribution in [1.82, 2.24) is 5.32 Å². The minimum absolute atomic E-state index is 0.0956. The Balaban J connectivity index is 4.49. The fourth-order valence-electron chi connectivity index (χ4n) is 4.35. The maximum absolute atomic E-state index is 12.5. The van der Waals surface area contributed by atoms with E-state index in [1.807, 2.05) is 0 Å². The van der Waals surface area contributed by atoms with Crippen LogP contribution in [-0.2, 0) is 27.3 Å². The first-order valence-corrected chi connectivity index (χ1v) is 28.3. The minimum Gasteiger partial charge on any atom is -0.417 e. The van der Waals surface area contributed by atoms with Crippen molar-refractivity contribution >= 4 is 49.8 Å². The van der Waals surface area contributed by atoms with Crippen molar-refractivity contribution in [2.75, 3.05) is 39.5 Å². The molecule has 0 atom stereocenters. The van der Waals surface area contributed by atoms with Gasteiger partial charge in [-0.05, 0) is 104 Å². The lowest BCUT2D eigenvalue weighted by atomic mass is 10.1. The molecule has 0 fully saturated rings. The van der Waals surface area contributed by atoms with E-state index >= 15 is 0 Å². The lowest BCUT2D eigenvalue weighted by molar-refractivity contribution is -0.890. The van der Waals surface area contributed by atoms with Crippen LogP contribution in [-0.4, -0.2) is 96.6 Å². The Labute approximate surface area is 244 Å². The van der Waals surface area contributed by atoms with E-state index in [9.17, 15) is 13.2 Å². The molecule has 0 aliphatic rings. The van der Waals surface area contributed by atoms with Gasteiger partial charge in [0.2, 0.25) is 5.91 Å². The second-order valence-corrected chi connectivity index (χ2v) is 32.9. The summed E-state index contributed by atoms with van der Waals surface area (Å²) in [4.78, 5) is 12.5. The molecule has 0 aliphatic heterocycles. The first kappa shape index (κ1) is 39.1. The predicted octanol–water partition coefficient (Wildman–Crippen LogP) is 5.68. The molecule has 0 spiro atoms. The topological polar surface area (TPSA) is 111 Å². The normalized spacial score (nSPS) is 14.1. The zero-order valence-corrected chi connectivity index (χ0v) is 31.8. The van der Waals surface area contributed by atoms with Gasteiger partial charge in [-0.15, -0.1) is 0 Å². The number of unbranched alkanes of at least 4 members (excludes halogenated alkanes) is 4. The van der Waals surface area contributed by atoms with Crippen molar-refractivity contribution in [2.24, 2.45) is 0 Å². The van der Waals surface area contributed by atoms with Crippen molar-refractivity contribution in [3.8, 4) is 0 Å². The molecule has 0 bridgehead atoms. The predicted molar refractivity (Wildman–Crippen MR) is 172 cm³/mol. The van der Waals surface area contributed by atoms with E-state index in [0.29, 0.717) is 19.4 Å². The quantitative estimate of drug-likeness (QED) is 0.0674. The molecule has 0 aromatic rings. The number of nitrogens with zero attached hydrogens (tertiary/aromatic N) is 1. The lowest BCUT2D eigenvalue weighted by Crippen LogP contribution is -2.60. The molecule has 234 valence electrons. The van der Waals surface area contributed by atoms with Crippen LogP contribution in [0.25, 0.3) is 0 Å². The zero-order valence-electron chi connectivity index (χ0n) is 26.9. The van der Waals surface area contributed by atoms with Crippen LogP contribution in [0.1, 0.15) is 51.4 Å². The summed E-state index contributed by atoms with van der Waals surface area (Å²) in [5, 5.41) is 3.09. The molecule has 0 saturated carbocycles. The molecule has 39 heavy (non-hydrogen) atoms. The minimum atomic E-state index is -3.85. The van der Waals surface area contributed by atoms with Crippen LogP contribution in [0.4, 0.5) is 0 Å². The maximum atomic E-state index is 12.5. The molecule has 0 aromatic heterocycles. The number of nitrogens with one attached hydrogen (secondary N) is 1. The molecular weight excluding hydrogens is 585 g/mol. The van der Waals surface area contributed by atoms with E-state index < -0.39 is 43.9 Å². The van der Waals surface area contributed by atoms with E-state index in [1.165, 1.54) is 0 Å². The zero-order chi connectivity index (χ0) is 30.6. The number of carbonyl (C=O) groups excluding carboxylic acids is 1. The number of amides is 1. The van der Waals surface area contributed by atoms with Crippen molar-refractivity contribution in [1.29, 1.82) is 0 Å². The van der Waals surface area contributed by atoms with E-state index in [-0.39, 0.29) is 11.7 Å². The summed E-state index contributed by atoms with van der Waals surface area (Å²) in [6, 6.07) is 0.731. The van der Waals surface area contributed by atoms with Gasteiger partial charge in [-0.3, -0.25) is 9.35 Å². The number of hydrogen-bond donors (Lipinski definition) is 2. The molecule has 0 aromatic carbocycles. The summed E-state index contributed by atoms with van der Waals surface area (Å²) in [5.41, 5.74) is 0. The first-order valence-electron chi connectivity index (χ1n) is 14.6. The Morgan fingerprint density at radius 3 is 1.56 bits per heavy atom. The van der Waals surface area contributed by atoms with Gasteiger partial charge in [-0.1, -0.05) is 0 Å². The van der Waals surface area contributed by atoms with Gasteiger partial charge in [0, 0.05) is 19.0 Å². The molecule has 0 heterocycles. The molecule has 0 unspecified atom stereocenters. The largest absolute Gasteiger partial charge is 0.469 e. The molecule has 0 aliphatic carbocycles. The third-order valence-electron chi connectivity index (χ3n) is 5.70. The summed E-state index contributed by atoms with van der Waals surface area (Å²) < 4.78 is 51.4. The third-order valence-corrected chi connectivity index (χ3v) is 18.6. The Hall–Kier alpha value is 0.0875. The van der Waals surface area contributed by atoms with Gasteiger partial charge in [-0.2, -0.15) is 8.42 Å². The molecule has 14 heteroatoms. The Kier molecular flexibility index (Phi) is 16.7. The maximum Gasteiger partial charge on any atom is 0.469 e. The SMILES string of the molecule is C[N+](C)(CCCCCC(=O)NCCC[Si](O[Si](C)(C)C)(O[Si](C)(C)C)O[Si](C)(C)C)CCCCCS(=O)(=O)O. The van der Waals surface area contributed by atoms with Gasteiger partial charge in [0.15, 0.2) is 25.0 Å². The van der Waals surface area contributed by atoms with Crippen LogP contribution in [0.15, 0.2) is 0 Å². The summed E-state index contributed by atoms with van der Waals surface area (Å²) in [6.07, 6.45) is 6.48. The van der Waals surface area contributed by atoms with Gasteiger partial charge < -0.3 is 22.1 Å². The van der Waals surface area contributed by atoms with Crippen LogP contribution < -0.4 is 5.32 Å². The lowest BCUT2D eigenvalue weighted by Gasteiger charge is -2.43. The van der Waals surface area contributed by atoms with Crippen molar-refractivity contribution in [3.63, 3.8) is 0 Å². The van der Waals surface area contributed by atoms with Gasteiger partial charge in [0.25, 0.3) is 10.1 Å². The van der Waals surface area contributed by atoms with Crippen LogP contribution in [0.2, 0.25) is 65.0 Å². The molecule has 0 saturated heterocycles. The van der Waals surface area contributed by atoms with E-state index in [0.717, 1.165) is 62.1 Å². The Bertz CT molecular complexity index is 783. The molecule has 1 amide bonds. The summed E-state index contributed by atoms with van der Waals surface area (Å²) in [7, 11) is -8.03. The highest BCUT2D eigenvalue weighted by atomic mass is 32.2. The molecule has 9 nitrogen and oxygen atoms in total. The average Bonchev–Trinajstić information content (AvgIpc) is 2.65. The van der Waals surface area contributed by atoms with Gasteiger partial charge >= 0.3 is 8.80 Å². The fraction of sp³-hybridized carbons (Fsp3) is 0.960. The van der Waals surface area contributed by atoms with E-state index in [1.54, 1.807) is 0 Å². The van der Waals surface area contributed by atoms with Crippen LogP contribution >= 0.6 is 0 Å². The number of carbonyl (C=O) groups is 1. The third kappa shape index (κ3) is 24.4. The molecule has 0 radical (unpaired) electrons. The first-order chi connectivity index (χ1) is 17.4. The second-order valence-electron chi connectivity index (χ2n) is 14.3.